The molecule has 0 aliphatic carbocycles. The number of rotatable bonds is 6. The summed E-state index contributed by atoms with van der Waals surface area (Å²) in [6.45, 7) is 12.1. The summed E-state index contributed by atoms with van der Waals surface area (Å²) in [4.78, 5) is 29.8. The molecule has 2 saturated heterocycles. The lowest BCUT2D eigenvalue weighted by molar-refractivity contribution is -0.138. The molecule has 1 aromatic heterocycles. The highest BCUT2D eigenvalue weighted by molar-refractivity contribution is 7.88. The van der Waals surface area contributed by atoms with Crippen molar-refractivity contribution >= 4 is 21.7 Å². The zero-order valence-corrected chi connectivity index (χ0v) is 20.2. The van der Waals surface area contributed by atoms with Gasteiger partial charge in [0.2, 0.25) is 15.9 Å². The van der Waals surface area contributed by atoms with Gasteiger partial charge in [0.05, 0.1) is 12.8 Å². The van der Waals surface area contributed by atoms with Gasteiger partial charge in [0.1, 0.15) is 0 Å². The van der Waals surface area contributed by atoms with Gasteiger partial charge in [0, 0.05) is 68.2 Å². The predicted octanol–water partition coefficient (Wildman–Crippen LogP) is 1.68. The summed E-state index contributed by atoms with van der Waals surface area (Å²) in [6.07, 6.45) is 2.38. The number of piperidine rings is 1. The minimum Gasteiger partial charge on any atom is -0.346 e. The summed E-state index contributed by atoms with van der Waals surface area (Å²) >= 11 is 0. The zero-order valence-electron chi connectivity index (χ0n) is 19.4. The van der Waals surface area contributed by atoms with Crippen LogP contribution < -0.4 is 0 Å². The Balaban J connectivity index is 1.50. The van der Waals surface area contributed by atoms with E-state index < -0.39 is 10.0 Å². The summed E-state index contributed by atoms with van der Waals surface area (Å²) in [5, 5.41) is 0. The fraction of sp³-hybridized carbons (Fsp3) is 0.727. The Bertz CT molecular complexity index is 922. The molecule has 8 nitrogen and oxygen atoms in total. The average molecular weight is 453 g/mol. The first-order valence-electron chi connectivity index (χ1n) is 11.2. The van der Waals surface area contributed by atoms with Gasteiger partial charge in [-0.3, -0.25) is 14.5 Å². The van der Waals surface area contributed by atoms with Gasteiger partial charge in [-0.1, -0.05) is 0 Å². The van der Waals surface area contributed by atoms with Crippen LogP contribution in [0.3, 0.4) is 0 Å². The van der Waals surface area contributed by atoms with Gasteiger partial charge in [-0.15, -0.1) is 0 Å². The third-order valence-corrected chi connectivity index (χ3v) is 7.93. The maximum absolute atomic E-state index is 12.9. The highest BCUT2D eigenvalue weighted by Crippen LogP contribution is 2.23. The second-order valence-corrected chi connectivity index (χ2v) is 11.2. The van der Waals surface area contributed by atoms with Crippen molar-refractivity contribution in [2.45, 2.75) is 46.6 Å². The van der Waals surface area contributed by atoms with Gasteiger partial charge in [-0.25, -0.2) is 12.7 Å². The largest absolute Gasteiger partial charge is 0.346 e. The number of hydrogen-bond acceptors (Lipinski definition) is 5. The Hall–Kier alpha value is -1.71. The van der Waals surface area contributed by atoms with E-state index in [0.29, 0.717) is 64.7 Å². The number of carbonyl (C=O) groups is 2. The maximum atomic E-state index is 12.9. The molecule has 0 bridgehead atoms. The Morgan fingerprint density at radius 2 is 1.61 bits per heavy atom. The van der Waals surface area contributed by atoms with E-state index in [1.54, 1.807) is 0 Å². The third-order valence-electron chi connectivity index (χ3n) is 6.62. The smallest absolute Gasteiger partial charge is 0.225 e. The van der Waals surface area contributed by atoms with Gasteiger partial charge in [0.25, 0.3) is 0 Å². The Morgan fingerprint density at radius 1 is 1.03 bits per heavy atom. The van der Waals surface area contributed by atoms with E-state index in [1.165, 1.54) is 10.6 Å². The quantitative estimate of drug-likeness (QED) is 0.614. The normalized spacial score (nSPS) is 19.9. The van der Waals surface area contributed by atoms with Crippen molar-refractivity contribution < 1.29 is 18.0 Å². The lowest BCUT2D eigenvalue weighted by Crippen LogP contribution is -2.52. The Labute approximate surface area is 186 Å². The fourth-order valence-corrected chi connectivity index (χ4v) is 5.84. The van der Waals surface area contributed by atoms with E-state index in [0.717, 1.165) is 17.0 Å². The second-order valence-electron chi connectivity index (χ2n) is 9.21. The van der Waals surface area contributed by atoms with Crippen LogP contribution in [0.4, 0.5) is 0 Å². The van der Waals surface area contributed by atoms with E-state index >= 15 is 0 Å². The van der Waals surface area contributed by atoms with Crippen molar-refractivity contribution in [1.29, 1.82) is 0 Å². The van der Waals surface area contributed by atoms with E-state index in [2.05, 4.69) is 23.3 Å². The molecule has 0 unspecified atom stereocenters. The van der Waals surface area contributed by atoms with E-state index in [4.69, 9.17) is 0 Å². The highest BCUT2D eigenvalue weighted by atomic mass is 32.2. The number of carbonyl (C=O) groups excluding carboxylic acids is 2. The van der Waals surface area contributed by atoms with Gasteiger partial charge in [-0.2, -0.15) is 0 Å². The molecular weight excluding hydrogens is 416 g/mol. The van der Waals surface area contributed by atoms with Crippen LogP contribution in [0.1, 0.15) is 54.5 Å². The highest BCUT2D eigenvalue weighted by Gasteiger charge is 2.33. The van der Waals surface area contributed by atoms with Crippen LogP contribution in [0.5, 0.6) is 0 Å². The summed E-state index contributed by atoms with van der Waals surface area (Å²) in [6, 6.07) is 2.31. The number of hydrogen-bond donors (Lipinski definition) is 0. The first kappa shape index (κ1) is 23.9. The molecule has 0 saturated carbocycles. The molecule has 31 heavy (non-hydrogen) atoms. The first-order chi connectivity index (χ1) is 14.5. The van der Waals surface area contributed by atoms with Crippen LogP contribution >= 0.6 is 0 Å². The molecule has 1 amide bonds. The molecule has 1 aromatic rings. The SMILES string of the molecule is Cc1cc(C(=O)CN2CCN(C(=O)C3CCN(S(C)(=O)=O)CC3)CC2)c(C)n1C(C)C. The van der Waals surface area contributed by atoms with E-state index in [-0.39, 0.29) is 17.6 Å². The summed E-state index contributed by atoms with van der Waals surface area (Å²) in [5.74, 6) is 0.153. The number of ketones is 1. The fourth-order valence-electron chi connectivity index (χ4n) is 4.96. The number of aromatic nitrogens is 1. The van der Waals surface area contributed by atoms with Gasteiger partial charge < -0.3 is 9.47 Å². The molecule has 9 heteroatoms. The standard InChI is InChI=1S/C22H36N4O4S/c1-16(2)26-17(3)14-20(18(26)4)21(27)15-23-10-12-24(13-11-23)22(28)19-6-8-25(9-7-19)31(5,29)30/h14,16,19H,6-13,15H2,1-5H3. The van der Waals surface area contributed by atoms with E-state index in [1.807, 2.05) is 24.8 Å². The minimum absolute atomic E-state index is 0.104. The number of aryl methyl sites for hydroxylation is 1. The first-order valence-corrected chi connectivity index (χ1v) is 13.0. The third kappa shape index (κ3) is 5.38. The van der Waals surface area contributed by atoms with Crippen molar-refractivity contribution in [2.75, 3.05) is 52.1 Å². The van der Waals surface area contributed by atoms with Crippen LogP contribution in [0, 0.1) is 19.8 Å². The molecule has 3 heterocycles. The van der Waals surface area contributed by atoms with Crippen molar-refractivity contribution in [3.63, 3.8) is 0 Å². The lowest BCUT2D eigenvalue weighted by atomic mass is 9.96. The number of amides is 1. The van der Waals surface area contributed by atoms with Crippen molar-refractivity contribution in [1.82, 2.24) is 18.7 Å². The molecule has 0 N–H and O–H groups in total. The topological polar surface area (TPSA) is 82.9 Å². The lowest BCUT2D eigenvalue weighted by Gasteiger charge is -2.38. The summed E-state index contributed by atoms with van der Waals surface area (Å²) < 4.78 is 27.0. The average Bonchev–Trinajstić information content (AvgIpc) is 3.01. The Kier molecular flexibility index (Phi) is 7.28. The molecule has 0 aromatic carbocycles. The molecule has 2 aliphatic rings. The summed E-state index contributed by atoms with van der Waals surface area (Å²) in [7, 11) is -3.18. The van der Waals surface area contributed by atoms with Gasteiger partial charge >= 0.3 is 0 Å². The maximum Gasteiger partial charge on any atom is 0.225 e. The number of sulfonamides is 1. The van der Waals surface area contributed by atoms with E-state index in [9.17, 15) is 18.0 Å². The van der Waals surface area contributed by atoms with Crippen LogP contribution in [0.25, 0.3) is 0 Å². The summed E-state index contributed by atoms with van der Waals surface area (Å²) in [5.41, 5.74) is 2.92. The van der Waals surface area contributed by atoms with Crippen LogP contribution in [-0.2, 0) is 14.8 Å². The second kappa shape index (κ2) is 9.42. The van der Waals surface area contributed by atoms with Crippen LogP contribution in [0.15, 0.2) is 6.07 Å². The van der Waals surface area contributed by atoms with Crippen molar-refractivity contribution in [3.8, 4) is 0 Å². The van der Waals surface area contributed by atoms with Gasteiger partial charge in [-0.05, 0) is 46.6 Å². The zero-order chi connectivity index (χ0) is 22.9. The molecule has 0 spiro atoms. The minimum atomic E-state index is -3.18. The molecule has 3 rings (SSSR count). The van der Waals surface area contributed by atoms with Crippen molar-refractivity contribution in [2.24, 2.45) is 5.92 Å². The monoisotopic (exact) mass is 452 g/mol. The number of nitrogens with zero attached hydrogens (tertiary/aromatic N) is 4. The predicted molar refractivity (Wildman–Crippen MR) is 121 cm³/mol. The molecular formula is C22H36N4O4S. The van der Waals surface area contributed by atoms with Crippen LogP contribution in [-0.4, -0.2) is 90.8 Å². The molecule has 174 valence electrons. The number of piperazine rings is 1. The van der Waals surface area contributed by atoms with Crippen LogP contribution in [0.2, 0.25) is 0 Å². The van der Waals surface area contributed by atoms with Crippen molar-refractivity contribution in [3.05, 3.63) is 23.0 Å². The molecule has 2 fully saturated rings. The molecule has 2 aliphatic heterocycles. The Morgan fingerprint density at radius 3 is 2.10 bits per heavy atom. The number of Topliss-reactive ketones (excluding diaryl/α,β-unsaturated/α-hetero) is 1. The molecule has 0 radical (unpaired) electrons. The molecule has 0 atom stereocenters. The van der Waals surface area contributed by atoms with Gasteiger partial charge in [0.15, 0.2) is 5.78 Å².